The van der Waals surface area contributed by atoms with Crippen molar-refractivity contribution in [3.63, 3.8) is 0 Å². The van der Waals surface area contributed by atoms with E-state index in [1.54, 1.807) is 6.20 Å². The van der Waals surface area contributed by atoms with E-state index < -0.39 is 6.09 Å². The number of rotatable bonds is 8. The molecule has 1 amide bonds. The first-order valence-corrected chi connectivity index (χ1v) is 10.4. The van der Waals surface area contributed by atoms with Gasteiger partial charge >= 0.3 is 6.09 Å². The zero-order valence-corrected chi connectivity index (χ0v) is 17.5. The Labute approximate surface area is 179 Å². The lowest BCUT2D eigenvalue weighted by molar-refractivity contribution is 0.105. The van der Waals surface area contributed by atoms with E-state index in [2.05, 4.69) is 30.5 Å². The quantitative estimate of drug-likeness (QED) is 0.440. The highest BCUT2D eigenvalue weighted by molar-refractivity contribution is 5.83. The van der Waals surface area contributed by atoms with Crippen LogP contribution in [0.1, 0.15) is 18.9 Å². The number of hydrogen-bond acceptors (Lipinski definition) is 9. The Hall–Kier alpha value is -3.25. The van der Waals surface area contributed by atoms with Gasteiger partial charge in [0.15, 0.2) is 17.3 Å². The number of amides is 1. The highest BCUT2D eigenvalue weighted by Gasteiger charge is 2.21. The lowest BCUT2D eigenvalue weighted by Crippen LogP contribution is -2.48. The van der Waals surface area contributed by atoms with Crippen LogP contribution in [-0.4, -0.2) is 85.1 Å². The minimum atomic E-state index is -0.832. The van der Waals surface area contributed by atoms with Gasteiger partial charge in [0, 0.05) is 51.0 Å². The third-order valence-electron chi connectivity index (χ3n) is 5.55. The van der Waals surface area contributed by atoms with Gasteiger partial charge in [-0.15, -0.1) is 0 Å². The van der Waals surface area contributed by atoms with E-state index in [0.29, 0.717) is 37.7 Å². The molecule has 12 heteroatoms. The number of aryl methyl sites for hydroxylation is 1. The van der Waals surface area contributed by atoms with Gasteiger partial charge in [0.1, 0.15) is 5.52 Å². The van der Waals surface area contributed by atoms with E-state index in [0.717, 1.165) is 49.2 Å². The number of anilines is 1. The average Bonchev–Trinajstić information content (AvgIpc) is 3.36. The van der Waals surface area contributed by atoms with Gasteiger partial charge in [0.2, 0.25) is 0 Å². The summed E-state index contributed by atoms with van der Waals surface area (Å²) in [7, 11) is 0. The Kier molecular flexibility index (Phi) is 6.28. The van der Waals surface area contributed by atoms with Crippen molar-refractivity contribution >= 4 is 22.9 Å². The molecule has 1 aliphatic rings. The molecule has 0 bridgehead atoms. The number of carbonyl (C=O) groups is 1. The Morgan fingerprint density at radius 2 is 2.06 bits per heavy atom. The Bertz CT molecular complexity index is 1040. The normalized spacial score (nSPS) is 15.1. The van der Waals surface area contributed by atoms with Crippen molar-refractivity contribution in [3.05, 3.63) is 18.0 Å². The van der Waals surface area contributed by atoms with E-state index in [1.165, 1.54) is 4.90 Å². The summed E-state index contributed by atoms with van der Waals surface area (Å²) in [5.41, 5.74) is 9.11. The number of imidazole rings is 1. The van der Waals surface area contributed by atoms with E-state index in [9.17, 15) is 4.79 Å². The number of nitrogens with zero attached hydrogens (tertiary/aromatic N) is 7. The lowest BCUT2D eigenvalue weighted by Gasteiger charge is -2.33. The number of nitrogen functional groups attached to an aromatic ring is 1. The molecule has 0 radical (unpaired) electrons. The molecule has 4 rings (SSSR count). The molecule has 4 N–H and O–H groups in total. The predicted octanol–water partition coefficient (Wildman–Crippen LogP) is 0.859. The third-order valence-corrected chi connectivity index (χ3v) is 5.55. The fraction of sp³-hybridized carbons (Fsp3) is 0.526. The first-order valence-electron chi connectivity index (χ1n) is 10.4. The summed E-state index contributed by atoms with van der Waals surface area (Å²) in [5, 5.41) is 20.1. The topological polar surface area (TPSA) is 151 Å². The molecule has 1 fully saturated rings. The van der Waals surface area contributed by atoms with Crippen LogP contribution in [0.3, 0.4) is 0 Å². The maximum atomic E-state index is 11.0. The van der Waals surface area contributed by atoms with Crippen LogP contribution in [0, 0.1) is 0 Å². The molecule has 166 valence electrons. The monoisotopic (exact) mass is 429 g/mol. The minimum absolute atomic E-state index is 0.210. The van der Waals surface area contributed by atoms with Crippen molar-refractivity contribution in [2.24, 2.45) is 0 Å². The van der Waals surface area contributed by atoms with Gasteiger partial charge in [-0.2, -0.15) is 0 Å². The third kappa shape index (κ3) is 4.44. The fourth-order valence-electron chi connectivity index (χ4n) is 3.94. The molecule has 3 aromatic rings. The number of fused-ring (bicyclic) bond motifs is 1. The summed E-state index contributed by atoms with van der Waals surface area (Å²) in [6.07, 6.45) is 3.73. The van der Waals surface area contributed by atoms with Crippen molar-refractivity contribution in [2.45, 2.75) is 26.4 Å². The fourth-order valence-corrected chi connectivity index (χ4v) is 3.94. The number of hydrogen-bond donors (Lipinski definition) is 3. The highest BCUT2D eigenvalue weighted by atomic mass is 16.6. The van der Waals surface area contributed by atoms with Gasteiger partial charge in [-0.3, -0.25) is 9.88 Å². The van der Waals surface area contributed by atoms with Crippen LogP contribution in [0.4, 0.5) is 10.6 Å². The smallest absolute Gasteiger partial charge is 0.407 e. The standard InChI is InChI=1S/C19H27N9O3/c1-2-28-16-13(10-21-4-3-5-26-6-8-27(9-7-26)19(29)30)11-22-12-14(16)23-18(28)15-17(20)25-31-24-15/h11-12,21H,2-10H2,1H3,(H2,20,25)(H,29,30). The Morgan fingerprint density at radius 3 is 2.74 bits per heavy atom. The molecular weight excluding hydrogens is 402 g/mol. The molecule has 0 aliphatic carbocycles. The molecule has 4 heterocycles. The van der Waals surface area contributed by atoms with Gasteiger partial charge in [-0.05, 0) is 36.7 Å². The summed E-state index contributed by atoms with van der Waals surface area (Å²) in [6, 6.07) is 0. The van der Waals surface area contributed by atoms with Crippen LogP contribution in [0.15, 0.2) is 17.0 Å². The highest BCUT2D eigenvalue weighted by Crippen LogP contribution is 2.28. The largest absolute Gasteiger partial charge is 0.465 e. The minimum Gasteiger partial charge on any atom is -0.465 e. The van der Waals surface area contributed by atoms with Crippen LogP contribution < -0.4 is 11.1 Å². The molecule has 31 heavy (non-hydrogen) atoms. The predicted molar refractivity (Wildman–Crippen MR) is 113 cm³/mol. The van der Waals surface area contributed by atoms with Crippen molar-refractivity contribution in [1.29, 1.82) is 0 Å². The molecule has 12 nitrogen and oxygen atoms in total. The van der Waals surface area contributed by atoms with Crippen molar-refractivity contribution in [3.8, 4) is 11.5 Å². The zero-order valence-electron chi connectivity index (χ0n) is 17.5. The number of nitrogens with one attached hydrogen (secondary N) is 1. The van der Waals surface area contributed by atoms with E-state index in [1.807, 2.05) is 17.7 Å². The van der Waals surface area contributed by atoms with Crippen molar-refractivity contribution < 1.29 is 14.5 Å². The number of pyridine rings is 1. The first kappa shape index (κ1) is 21.0. The second-order valence-corrected chi connectivity index (χ2v) is 7.49. The number of piperazine rings is 1. The van der Waals surface area contributed by atoms with Gasteiger partial charge in [0.25, 0.3) is 0 Å². The Morgan fingerprint density at radius 1 is 1.26 bits per heavy atom. The van der Waals surface area contributed by atoms with Crippen LogP contribution in [0.5, 0.6) is 0 Å². The molecular formula is C19H27N9O3. The number of carboxylic acid groups (broad SMARTS) is 1. The molecule has 0 spiro atoms. The maximum absolute atomic E-state index is 11.0. The van der Waals surface area contributed by atoms with Crippen LogP contribution >= 0.6 is 0 Å². The van der Waals surface area contributed by atoms with Crippen molar-refractivity contribution in [1.82, 2.24) is 40.0 Å². The molecule has 0 atom stereocenters. The molecule has 0 unspecified atom stereocenters. The van der Waals surface area contributed by atoms with Crippen LogP contribution in [0.25, 0.3) is 22.6 Å². The summed E-state index contributed by atoms with van der Waals surface area (Å²) in [5.74, 6) is 0.827. The molecule has 0 aromatic carbocycles. The van der Waals surface area contributed by atoms with E-state index in [-0.39, 0.29) is 5.82 Å². The number of nitrogens with two attached hydrogens (primary N) is 1. The number of aromatic nitrogens is 5. The lowest BCUT2D eigenvalue weighted by atomic mass is 10.2. The molecule has 1 saturated heterocycles. The van der Waals surface area contributed by atoms with E-state index in [4.69, 9.17) is 15.5 Å². The summed E-state index contributed by atoms with van der Waals surface area (Å²) in [4.78, 5) is 23.7. The molecule has 3 aromatic heterocycles. The summed E-state index contributed by atoms with van der Waals surface area (Å²) >= 11 is 0. The van der Waals surface area contributed by atoms with Crippen LogP contribution in [0.2, 0.25) is 0 Å². The Balaban J connectivity index is 1.35. The van der Waals surface area contributed by atoms with Gasteiger partial charge in [0.05, 0.1) is 11.7 Å². The molecule has 1 aliphatic heterocycles. The first-order chi connectivity index (χ1) is 15.1. The second-order valence-electron chi connectivity index (χ2n) is 7.49. The van der Waals surface area contributed by atoms with Crippen molar-refractivity contribution in [2.75, 3.05) is 45.0 Å². The van der Waals surface area contributed by atoms with E-state index >= 15 is 0 Å². The molecule has 0 saturated carbocycles. The second kappa shape index (κ2) is 9.27. The van der Waals surface area contributed by atoms with Crippen LogP contribution in [-0.2, 0) is 13.1 Å². The zero-order chi connectivity index (χ0) is 21.8. The van der Waals surface area contributed by atoms with Gasteiger partial charge < -0.3 is 25.6 Å². The average molecular weight is 429 g/mol. The summed E-state index contributed by atoms with van der Waals surface area (Å²) < 4.78 is 6.79. The SMILES string of the molecule is CCn1c(-c2nonc2N)nc2cncc(CNCCCN3CCN(C(=O)O)CC3)c21. The maximum Gasteiger partial charge on any atom is 0.407 e. The van der Waals surface area contributed by atoms with Gasteiger partial charge in [-0.25, -0.2) is 14.4 Å². The van der Waals surface area contributed by atoms with Gasteiger partial charge in [-0.1, -0.05) is 0 Å². The summed E-state index contributed by atoms with van der Waals surface area (Å²) in [6.45, 7) is 7.90.